The number of hydrogen-bond donors (Lipinski definition) is 1. The summed E-state index contributed by atoms with van der Waals surface area (Å²) >= 11 is 0. The molecule has 98 valence electrons. The lowest BCUT2D eigenvalue weighted by Gasteiger charge is -2.10. The van der Waals surface area contributed by atoms with Crippen LogP contribution in [0.1, 0.15) is 23.6 Å². The first kappa shape index (κ1) is 13.1. The fourth-order valence-electron chi connectivity index (χ4n) is 1.83. The molecule has 0 amide bonds. The molecule has 0 aliphatic carbocycles. The number of hydrogen-bond acceptors (Lipinski definition) is 3. The minimum absolute atomic E-state index is 0.550. The standard InChI is InChI=1S/C16H17NO2/c1-12-10-15(13(2)17-18)8-9-16(12)19-11-14-6-4-3-5-7-14/h3-10,18H,11H2,1-2H3/b17-13+. The lowest BCUT2D eigenvalue weighted by molar-refractivity contribution is 0.304. The van der Waals surface area contributed by atoms with Crippen LogP contribution in [0.4, 0.5) is 0 Å². The maximum absolute atomic E-state index is 8.76. The van der Waals surface area contributed by atoms with E-state index in [1.807, 2.05) is 55.5 Å². The predicted molar refractivity (Wildman–Crippen MR) is 76.0 cm³/mol. The Kier molecular flexibility index (Phi) is 4.18. The Morgan fingerprint density at radius 1 is 1.16 bits per heavy atom. The van der Waals surface area contributed by atoms with Crippen LogP contribution in [0.5, 0.6) is 5.75 Å². The van der Waals surface area contributed by atoms with Gasteiger partial charge in [-0.15, -0.1) is 0 Å². The van der Waals surface area contributed by atoms with Gasteiger partial charge in [0.2, 0.25) is 0 Å². The molecule has 1 N–H and O–H groups in total. The van der Waals surface area contributed by atoms with Gasteiger partial charge >= 0.3 is 0 Å². The first-order valence-corrected chi connectivity index (χ1v) is 6.17. The Morgan fingerprint density at radius 2 is 1.89 bits per heavy atom. The second-order valence-electron chi connectivity index (χ2n) is 4.44. The van der Waals surface area contributed by atoms with Gasteiger partial charge in [0.15, 0.2) is 0 Å². The van der Waals surface area contributed by atoms with Crippen molar-refractivity contribution in [1.82, 2.24) is 0 Å². The molecule has 0 atom stereocenters. The summed E-state index contributed by atoms with van der Waals surface area (Å²) in [5.41, 5.74) is 3.65. The van der Waals surface area contributed by atoms with Crippen LogP contribution >= 0.6 is 0 Å². The highest BCUT2D eigenvalue weighted by molar-refractivity contribution is 5.98. The second kappa shape index (κ2) is 6.05. The summed E-state index contributed by atoms with van der Waals surface area (Å²) in [6, 6.07) is 15.8. The molecule has 3 heteroatoms. The maximum Gasteiger partial charge on any atom is 0.122 e. The third-order valence-corrected chi connectivity index (χ3v) is 2.98. The molecule has 0 heterocycles. The Balaban J connectivity index is 2.10. The summed E-state index contributed by atoms with van der Waals surface area (Å²) in [5.74, 6) is 0.846. The monoisotopic (exact) mass is 255 g/mol. The van der Waals surface area contributed by atoms with Gasteiger partial charge in [0.05, 0.1) is 5.71 Å². The lowest BCUT2D eigenvalue weighted by atomic mass is 10.1. The summed E-state index contributed by atoms with van der Waals surface area (Å²) < 4.78 is 5.79. The fraction of sp³-hybridized carbons (Fsp3) is 0.188. The number of oxime groups is 1. The molecule has 0 aromatic heterocycles. The third kappa shape index (κ3) is 3.35. The first-order valence-electron chi connectivity index (χ1n) is 6.17. The van der Waals surface area contributed by atoms with E-state index in [1.165, 1.54) is 0 Å². The highest BCUT2D eigenvalue weighted by Crippen LogP contribution is 2.20. The number of benzene rings is 2. The van der Waals surface area contributed by atoms with Crippen LogP contribution in [0, 0.1) is 6.92 Å². The van der Waals surface area contributed by atoms with Crippen molar-refractivity contribution in [2.45, 2.75) is 20.5 Å². The molecule has 0 unspecified atom stereocenters. The van der Waals surface area contributed by atoms with Crippen LogP contribution < -0.4 is 4.74 Å². The largest absolute Gasteiger partial charge is 0.489 e. The number of aryl methyl sites for hydroxylation is 1. The zero-order valence-electron chi connectivity index (χ0n) is 11.1. The second-order valence-corrected chi connectivity index (χ2v) is 4.44. The fourth-order valence-corrected chi connectivity index (χ4v) is 1.83. The van der Waals surface area contributed by atoms with E-state index in [0.717, 1.165) is 22.4 Å². The Morgan fingerprint density at radius 3 is 2.53 bits per heavy atom. The van der Waals surface area contributed by atoms with Crippen LogP contribution in [0.2, 0.25) is 0 Å². The molecule has 0 bridgehead atoms. The zero-order chi connectivity index (χ0) is 13.7. The first-order chi connectivity index (χ1) is 9.20. The summed E-state index contributed by atoms with van der Waals surface area (Å²) in [6.45, 7) is 4.29. The molecule has 0 aliphatic heterocycles. The molecule has 2 rings (SSSR count). The number of nitrogens with zero attached hydrogens (tertiary/aromatic N) is 1. The Labute approximate surface area is 113 Å². The number of rotatable bonds is 4. The van der Waals surface area contributed by atoms with E-state index in [2.05, 4.69) is 5.16 Å². The maximum atomic E-state index is 8.76. The van der Waals surface area contributed by atoms with Crippen LogP contribution in [0.15, 0.2) is 53.7 Å². The van der Waals surface area contributed by atoms with Gasteiger partial charge in [-0.1, -0.05) is 35.5 Å². The highest BCUT2D eigenvalue weighted by atomic mass is 16.5. The van der Waals surface area contributed by atoms with Crippen LogP contribution in [0.25, 0.3) is 0 Å². The Bertz CT molecular complexity index is 577. The summed E-state index contributed by atoms with van der Waals surface area (Å²) in [7, 11) is 0. The molecule has 0 radical (unpaired) electrons. The van der Waals surface area contributed by atoms with Gasteiger partial charge < -0.3 is 9.94 Å². The van der Waals surface area contributed by atoms with Crippen molar-refractivity contribution >= 4 is 5.71 Å². The Hall–Kier alpha value is -2.29. The molecule has 0 saturated carbocycles. The highest BCUT2D eigenvalue weighted by Gasteiger charge is 2.04. The molecule has 2 aromatic rings. The lowest BCUT2D eigenvalue weighted by Crippen LogP contribution is -1.99. The van der Waals surface area contributed by atoms with Gasteiger partial charge in [-0.25, -0.2) is 0 Å². The summed E-state index contributed by atoms with van der Waals surface area (Å²) in [6.07, 6.45) is 0. The molecule has 0 saturated heterocycles. The molecule has 0 fully saturated rings. The molecule has 19 heavy (non-hydrogen) atoms. The van der Waals surface area contributed by atoms with E-state index in [0.29, 0.717) is 12.3 Å². The molecule has 3 nitrogen and oxygen atoms in total. The van der Waals surface area contributed by atoms with Crippen LogP contribution in [0.3, 0.4) is 0 Å². The predicted octanol–water partition coefficient (Wildman–Crippen LogP) is 3.77. The van der Waals surface area contributed by atoms with Gasteiger partial charge in [-0.2, -0.15) is 0 Å². The zero-order valence-corrected chi connectivity index (χ0v) is 11.1. The summed E-state index contributed by atoms with van der Waals surface area (Å²) in [5, 5.41) is 12.0. The minimum Gasteiger partial charge on any atom is -0.489 e. The summed E-state index contributed by atoms with van der Waals surface area (Å²) in [4.78, 5) is 0. The van der Waals surface area contributed by atoms with E-state index in [4.69, 9.17) is 9.94 Å². The van der Waals surface area contributed by atoms with Crippen molar-refractivity contribution in [1.29, 1.82) is 0 Å². The van der Waals surface area contributed by atoms with Gasteiger partial charge in [0.1, 0.15) is 12.4 Å². The van der Waals surface area contributed by atoms with Crippen molar-refractivity contribution in [3.63, 3.8) is 0 Å². The van der Waals surface area contributed by atoms with Gasteiger partial charge in [0, 0.05) is 0 Å². The van der Waals surface area contributed by atoms with E-state index in [1.54, 1.807) is 6.92 Å². The van der Waals surface area contributed by atoms with Crippen molar-refractivity contribution in [2.75, 3.05) is 0 Å². The third-order valence-electron chi connectivity index (χ3n) is 2.98. The number of ether oxygens (including phenoxy) is 1. The normalized spacial score (nSPS) is 11.4. The van der Waals surface area contributed by atoms with Crippen molar-refractivity contribution in [2.24, 2.45) is 5.16 Å². The van der Waals surface area contributed by atoms with Gasteiger partial charge in [0.25, 0.3) is 0 Å². The SMILES string of the molecule is C/C(=N\O)c1ccc(OCc2ccccc2)c(C)c1. The average Bonchev–Trinajstić information content (AvgIpc) is 2.46. The van der Waals surface area contributed by atoms with E-state index in [-0.39, 0.29) is 0 Å². The smallest absolute Gasteiger partial charge is 0.122 e. The van der Waals surface area contributed by atoms with E-state index in [9.17, 15) is 0 Å². The van der Waals surface area contributed by atoms with Crippen molar-refractivity contribution in [3.05, 3.63) is 65.2 Å². The van der Waals surface area contributed by atoms with E-state index < -0.39 is 0 Å². The molecular formula is C16H17NO2. The average molecular weight is 255 g/mol. The quantitative estimate of drug-likeness (QED) is 0.513. The minimum atomic E-state index is 0.550. The molecule has 0 aliphatic rings. The van der Waals surface area contributed by atoms with Crippen molar-refractivity contribution < 1.29 is 9.94 Å². The topological polar surface area (TPSA) is 41.8 Å². The molecule has 2 aromatic carbocycles. The molecule has 0 spiro atoms. The van der Waals surface area contributed by atoms with Gasteiger partial charge in [-0.3, -0.25) is 0 Å². The molecular weight excluding hydrogens is 238 g/mol. The van der Waals surface area contributed by atoms with Crippen molar-refractivity contribution in [3.8, 4) is 5.75 Å². The van der Waals surface area contributed by atoms with Crippen LogP contribution in [-0.2, 0) is 6.61 Å². The van der Waals surface area contributed by atoms with Crippen LogP contribution in [-0.4, -0.2) is 10.9 Å². The van der Waals surface area contributed by atoms with Gasteiger partial charge in [-0.05, 0) is 48.7 Å². The van der Waals surface area contributed by atoms with E-state index >= 15 is 0 Å².